The average molecular weight is 640 g/mol. The molecule has 1 heterocycles. The van der Waals surface area contributed by atoms with Crippen LogP contribution in [0.4, 0.5) is 0 Å². The van der Waals surface area contributed by atoms with E-state index in [4.69, 9.17) is 14.0 Å². The van der Waals surface area contributed by atoms with Crippen LogP contribution in [0.25, 0.3) is 0 Å². The summed E-state index contributed by atoms with van der Waals surface area (Å²) < 4.78 is 46.6. The average Bonchev–Trinajstić information content (AvgIpc) is 2.96. The molecule has 8 atom stereocenters. The molecule has 252 valence electrons. The Morgan fingerprint density at radius 2 is 1.58 bits per heavy atom. The zero-order chi connectivity index (χ0) is 32.3. The molecule has 7 N–H and O–H groups in total. The monoisotopic (exact) mass is 639 g/mol. The lowest BCUT2D eigenvalue weighted by atomic mass is 9.99. The second-order valence-corrected chi connectivity index (χ2v) is 11.9. The molecule has 0 aliphatic carbocycles. The fourth-order valence-electron chi connectivity index (χ4n) is 4.52. The molecule has 0 aromatic heterocycles. The zero-order valence-electron chi connectivity index (χ0n) is 25.4. The molecule has 1 saturated heterocycles. The molecule has 0 radical (unpaired) electrons. The van der Waals surface area contributed by atoms with E-state index in [2.05, 4.69) is 28.6 Å². The summed E-state index contributed by atoms with van der Waals surface area (Å²) in [6.45, 7) is 2.85. The van der Waals surface area contributed by atoms with E-state index >= 15 is 0 Å². The molecule has 0 bridgehead atoms. The van der Waals surface area contributed by atoms with Gasteiger partial charge in [0.25, 0.3) is 0 Å². The summed E-state index contributed by atoms with van der Waals surface area (Å²) in [7, 11) is -5.10. The molecule has 1 aliphatic rings. The fourth-order valence-corrected chi connectivity index (χ4v) is 5.03. The Morgan fingerprint density at radius 1 is 0.930 bits per heavy atom. The van der Waals surface area contributed by atoms with E-state index < -0.39 is 78.5 Å². The van der Waals surface area contributed by atoms with Crippen molar-refractivity contribution in [3.8, 4) is 0 Å². The lowest BCUT2D eigenvalue weighted by Crippen LogP contribution is -2.61. The summed E-state index contributed by atoms with van der Waals surface area (Å²) in [6.07, 6.45) is 7.12. The molecule has 14 heteroatoms. The summed E-state index contributed by atoms with van der Waals surface area (Å²) in [5.41, 5.74) is 0. The first kappa shape index (κ1) is 39.6. The number of nitrogens with one attached hydrogen (secondary N) is 1. The molecule has 1 amide bonds. The highest BCUT2D eigenvalue weighted by molar-refractivity contribution is 7.80. The van der Waals surface area contributed by atoms with E-state index in [1.165, 1.54) is 25.3 Å². The van der Waals surface area contributed by atoms with Crippen molar-refractivity contribution in [3.63, 3.8) is 0 Å². The second kappa shape index (κ2) is 22.1. The van der Waals surface area contributed by atoms with Crippen LogP contribution >= 0.6 is 0 Å². The predicted molar refractivity (Wildman–Crippen MR) is 159 cm³/mol. The summed E-state index contributed by atoms with van der Waals surface area (Å²) in [5, 5.41) is 53.9. The maximum absolute atomic E-state index is 12.7. The first-order valence-corrected chi connectivity index (χ1v) is 16.7. The van der Waals surface area contributed by atoms with Gasteiger partial charge in [-0.3, -0.25) is 9.35 Å². The van der Waals surface area contributed by atoms with Gasteiger partial charge in [-0.25, -0.2) is 4.18 Å². The number of hydrogen-bond donors (Lipinski definition) is 7. The summed E-state index contributed by atoms with van der Waals surface area (Å²) in [4.78, 5) is 12.7. The minimum absolute atomic E-state index is 0.225. The van der Waals surface area contributed by atoms with Crippen molar-refractivity contribution >= 4 is 16.3 Å². The number of aliphatic hydroxyl groups is 5. The number of unbranched alkanes of at least 4 members (excludes halogenated alkanes) is 8. The zero-order valence-corrected chi connectivity index (χ0v) is 26.2. The highest BCUT2D eigenvalue weighted by Crippen LogP contribution is 2.25. The van der Waals surface area contributed by atoms with Crippen molar-refractivity contribution in [2.75, 3.05) is 13.2 Å². The van der Waals surface area contributed by atoms with Crippen molar-refractivity contribution < 1.29 is 57.0 Å². The van der Waals surface area contributed by atoms with E-state index in [1.54, 1.807) is 6.08 Å². The number of ether oxygens (including phenoxy) is 2. The van der Waals surface area contributed by atoms with Crippen LogP contribution in [0.15, 0.2) is 24.3 Å². The van der Waals surface area contributed by atoms with E-state index in [9.17, 15) is 38.7 Å². The first-order valence-electron chi connectivity index (χ1n) is 15.3. The van der Waals surface area contributed by atoms with Crippen molar-refractivity contribution in [2.45, 2.75) is 140 Å². The lowest BCUT2D eigenvalue weighted by molar-refractivity contribution is -0.298. The van der Waals surface area contributed by atoms with Gasteiger partial charge in [-0.2, -0.15) is 8.42 Å². The van der Waals surface area contributed by atoms with Crippen molar-refractivity contribution in [2.24, 2.45) is 0 Å². The van der Waals surface area contributed by atoms with Crippen LogP contribution in [-0.4, -0.2) is 107 Å². The number of rotatable bonds is 23. The quantitative estimate of drug-likeness (QED) is 0.0483. The number of carbonyl (C=O) groups is 1. The Kier molecular flexibility index (Phi) is 20.3. The molecular formula is C29H53NO12S. The van der Waals surface area contributed by atoms with Gasteiger partial charge in [0.05, 0.1) is 25.4 Å². The van der Waals surface area contributed by atoms with Gasteiger partial charge in [-0.1, -0.05) is 76.7 Å². The molecule has 0 spiro atoms. The molecule has 1 aliphatic heterocycles. The molecule has 1 fully saturated rings. The predicted octanol–water partition coefficient (Wildman–Crippen LogP) is 1.67. The van der Waals surface area contributed by atoms with Crippen molar-refractivity contribution in [3.05, 3.63) is 24.3 Å². The lowest BCUT2D eigenvalue weighted by Gasteiger charge is -2.41. The highest BCUT2D eigenvalue weighted by Gasteiger charge is 2.48. The molecule has 13 nitrogen and oxygen atoms in total. The second-order valence-electron chi connectivity index (χ2n) is 10.8. The van der Waals surface area contributed by atoms with Crippen LogP contribution < -0.4 is 5.32 Å². The minimum atomic E-state index is -5.10. The Balaban J connectivity index is 2.69. The summed E-state index contributed by atoms with van der Waals surface area (Å²) in [5.74, 6) is -0.729. The topological polar surface area (TPSA) is 212 Å². The fraction of sp³-hybridized carbons (Fsp3) is 0.828. The van der Waals surface area contributed by atoms with E-state index in [0.717, 1.165) is 38.5 Å². The summed E-state index contributed by atoms with van der Waals surface area (Å²) >= 11 is 0. The minimum Gasteiger partial charge on any atom is -0.394 e. The van der Waals surface area contributed by atoms with Gasteiger partial charge in [0, 0.05) is 0 Å². The Bertz CT molecular complexity index is 915. The number of amides is 1. The van der Waals surface area contributed by atoms with Gasteiger partial charge in [-0.05, 0) is 38.5 Å². The molecule has 0 aromatic carbocycles. The maximum Gasteiger partial charge on any atom is 0.397 e. The smallest absolute Gasteiger partial charge is 0.394 e. The normalized spacial score (nSPS) is 25.3. The van der Waals surface area contributed by atoms with Crippen molar-refractivity contribution in [1.82, 2.24) is 5.32 Å². The third-order valence-corrected chi connectivity index (χ3v) is 7.53. The van der Waals surface area contributed by atoms with Crippen LogP contribution in [0.1, 0.15) is 90.9 Å². The van der Waals surface area contributed by atoms with Gasteiger partial charge in [0.15, 0.2) is 6.29 Å². The largest absolute Gasteiger partial charge is 0.397 e. The highest BCUT2D eigenvalue weighted by atomic mass is 32.3. The van der Waals surface area contributed by atoms with Crippen LogP contribution in [-0.2, 0) is 28.9 Å². The number of allylic oxidation sites excluding steroid dienone is 3. The van der Waals surface area contributed by atoms with Gasteiger partial charge in [-0.15, -0.1) is 0 Å². The van der Waals surface area contributed by atoms with Crippen LogP contribution in [0.3, 0.4) is 0 Å². The Labute approximate surface area is 255 Å². The standard InChI is InChI=1S/C29H53NO12S/c1-3-5-7-8-9-10-11-12-13-14-16-18-23(33)28(36)30-21(22(32)17-15-6-4-2)20-40-29-26(35)27(42-43(37,38)39)25(34)24(19-31)41-29/h9-10,15,17,21-27,29,31-35H,3-8,11-14,16,18-20H2,1-2H3,(H,30,36)(H,37,38,39)/b10-9-,17-15+. The third kappa shape index (κ3) is 16.4. The van der Waals surface area contributed by atoms with Crippen LogP contribution in [0, 0.1) is 0 Å². The van der Waals surface area contributed by atoms with Crippen LogP contribution in [0.5, 0.6) is 0 Å². The maximum atomic E-state index is 12.7. The SMILES string of the molecule is CCC/C=C/C(O)C(COC1OC(CO)C(O)C(OS(=O)(=O)O)C1O)NC(=O)C(O)CCCCCC/C=C\CCCCC. The van der Waals surface area contributed by atoms with E-state index in [-0.39, 0.29) is 6.42 Å². The number of carbonyl (C=O) groups excluding carboxylic acids is 1. The third-order valence-electron chi connectivity index (χ3n) is 7.07. The van der Waals surface area contributed by atoms with E-state index in [1.807, 2.05) is 6.92 Å². The molecular weight excluding hydrogens is 586 g/mol. The molecule has 8 unspecified atom stereocenters. The van der Waals surface area contributed by atoms with E-state index in [0.29, 0.717) is 12.8 Å². The Morgan fingerprint density at radius 3 is 2.19 bits per heavy atom. The first-order chi connectivity index (χ1) is 20.4. The molecule has 1 rings (SSSR count). The summed E-state index contributed by atoms with van der Waals surface area (Å²) in [6, 6.07) is -1.12. The van der Waals surface area contributed by atoms with Gasteiger partial charge in [0.2, 0.25) is 5.91 Å². The van der Waals surface area contributed by atoms with Crippen molar-refractivity contribution in [1.29, 1.82) is 0 Å². The van der Waals surface area contributed by atoms with Crippen LogP contribution in [0.2, 0.25) is 0 Å². The molecule has 0 saturated carbocycles. The Hall–Kier alpha value is -1.46. The van der Waals surface area contributed by atoms with Gasteiger partial charge < -0.3 is 40.3 Å². The van der Waals surface area contributed by atoms with Gasteiger partial charge in [0.1, 0.15) is 30.5 Å². The molecule has 0 aromatic rings. The number of aliphatic hydroxyl groups excluding tert-OH is 5. The molecule has 43 heavy (non-hydrogen) atoms. The number of hydrogen-bond acceptors (Lipinski definition) is 11. The van der Waals surface area contributed by atoms with Gasteiger partial charge >= 0.3 is 10.4 Å².